The Hall–Kier alpha value is -2.53. The Balaban J connectivity index is 1.31. The van der Waals surface area contributed by atoms with Crippen molar-refractivity contribution < 1.29 is 9.53 Å². The van der Waals surface area contributed by atoms with Crippen molar-refractivity contribution >= 4 is 17.3 Å². The van der Waals surface area contributed by atoms with Crippen LogP contribution in [0, 0.1) is 0 Å². The Morgan fingerprint density at radius 1 is 0.929 bits per heavy atom. The second-order valence-corrected chi connectivity index (χ2v) is 7.69. The number of benzene rings is 2. The van der Waals surface area contributed by atoms with Crippen molar-refractivity contribution in [3.05, 3.63) is 54.1 Å². The summed E-state index contributed by atoms with van der Waals surface area (Å²) < 4.78 is 5.13. The number of amides is 1. The predicted molar refractivity (Wildman–Crippen MR) is 113 cm³/mol. The lowest BCUT2D eigenvalue weighted by atomic mass is 10.1. The molecule has 148 valence electrons. The highest BCUT2D eigenvalue weighted by atomic mass is 16.5. The van der Waals surface area contributed by atoms with Crippen LogP contribution in [0.5, 0.6) is 5.75 Å². The molecule has 5 heteroatoms. The number of nitrogens with one attached hydrogen (secondary N) is 1. The van der Waals surface area contributed by atoms with E-state index in [1.165, 1.54) is 31.4 Å². The normalized spacial score (nSPS) is 18.2. The van der Waals surface area contributed by atoms with Crippen molar-refractivity contribution in [2.24, 2.45) is 0 Å². The molecule has 0 unspecified atom stereocenters. The van der Waals surface area contributed by atoms with E-state index < -0.39 is 0 Å². The summed E-state index contributed by atoms with van der Waals surface area (Å²) in [7, 11) is 1.62. The first-order valence-electron chi connectivity index (χ1n) is 10.3. The van der Waals surface area contributed by atoms with Crippen molar-refractivity contribution in [1.29, 1.82) is 0 Å². The molecule has 0 spiro atoms. The monoisotopic (exact) mass is 379 g/mol. The number of piperazine rings is 1. The predicted octanol–water partition coefficient (Wildman–Crippen LogP) is 4.01. The Morgan fingerprint density at radius 2 is 1.57 bits per heavy atom. The number of anilines is 2. The van der Waals surface area contributed by atoms with E-state index in [0.717, 1.165) is 43.7 Å². The number of carbonyl (C=O) groups excluding carboxylic acids is 1. The Labute approximate surface area is 167 Å². The van der Waals surface area contributed by atoms with Crippen molar-refractivity contribution in [1.82, 2.24) is 4.90 Å². The quantitative estimate of drug-likeness (QED) is 0.852. The molecular weight excluding hydrogens is 350 g/mol. The topological polar surface area (TPSA) is 44.8 Å². The van der Waals surface area contributed by atoms with Crippen molar-refractivity contribution in [2.75, 3.05) is 43.5 Å². The summed E-state index contributed by atoms with van der Waals surface area (Å²) >= 11 is 0. The maximum Gasteiger partial charge on any atom is 0.255 e. The fourth-order valence-corrected chi connectivity index (χ4v) is 4.32. The van der Waals surface area contributed by atoms with Crippen LogP contribution < -0.4 is 15.0 Å². The fourth-order valence-electron chi connectivity index (χ4n) is 4.32. The average molecular weight is 380 g/mol. The summed E-state index contributed by atoms with van der Waals surface area (Å²) in [6.45, 7) is 4.46. The number of ether oxygens (including phenoxy) is 1. The van der Waals surface area contributed by atoms with Gasteiger partial charge in [0.25, 0.3) is 5.91 Å². The zero-order valence-electron chi connectivity index (χ0n) is 16.6. The number of hydrogen-bond acceptors (Lipinski definition) is 4. The summed E-state index contributed by atoms with van der Waals surface area (Å²) in [6.07, 6.45) is 5.55. The van der Waals surface area contributed by atoms with Gasteiger partial charge in [0.15, 0.2) is 0 Å². The van der Waals surface area contributed by atoms with Gasteiger partial charge in [-0.05, 0) is 61.4 Å². The van der Waals surface area contributed by atoms with Crippen LogP contribution in [-0.2, 0) is 0 Å². The largest absolute Gasteiger partial charge is 0.497 e. The van der Waals surface area contributed by atoms with Crippen LogP contribution in [0.1, 0.15) is 36.0 Å². The summed E-state index contributed by atoms with van der Waals surface area (Å²) in [5.41, 5.74) is 2.66. The fraction of sp³-hybridized carbons (Fsp3) is 0.435. The van der Waals surface area contributed by atoms with Crippen LogP contribution in [0.15, 0.2) is 48.5 Å². The molecule has 2 aromatic carbocycles. The molecule has 1 saturated carbocycles. The Morgan fingerprint density at radius 3 is 2.18 bits per heavy atom. The van der Waals surface area contributed by atoms with E-state index in [9.17, 15) is 4.79 Å². The second-order valence-electron chi connectivity index (χ2n) is 7.69. The van der Waals surface area contributed by atoms with Gasteiger partial charge in [-0.15, -0.1) is 0 Å². The van der Waals surface area contributed by atoms with Gasteiger partial charge in [0.2, 0.25) is 0 Å². The van der Waals surface area contributed by atoms with E-state index >= 15 is 0 Å². The minimum Gasteiger partial charge on any atom is -0.497 e. The van der Waals surface area contributed by atoms with Crippen LogP contribution in [0.3, 0.4) is 0 Å². The lowest BCUT2D eigenvalue weighted by Crippen LogP contribution is -2.49. The number of rotatable bonds is 5. The van der Waals surface area contributed by atoms with Gasteiger partial charge in [-0.2, -0.15) is 0 Å². The van der Waals surface area contributed by atoms with E-state index in [0.29, 0.717) is 5.56 Å². The zero-order valence-corrected chi connectivity index (χ0v) is 16.6. The molecule has 1 heterocycles. The highest BCUT2D eigenvalue weighted by molar-refractivity contribution is 6.04. The maximum atomic E-state index is 12.4. The zero-order chi connectivity index (χ0) is 19.3. The number of carbonyl (C=O) groups is 1. The van der Waals surface area contributed by atoms with Crippen LogP contribution in [0.2, 0.25) is 0 Å². The van der Waals surface area contributed by atoms with Crippen molar-refractivity contribution in [3.63, 3.8) is 0 Å². The van der Waals surface area contributed by atoms with E-state index in [1.807, 2.05) is 12.1 Å². The van der Waals surface area contributed by atoms with E-state index in [4.69, 9.17) is 4.74 Å². The third-order valence-corrected chi connectivity index (χ3v) is 6.00. The van der Waals surface area contributed by atoms with Gasteiger partial charge >= 0.3 is 0 Å². The molecule has 1 N–H and O–H groups in total. The standard InChI is InChI=1S/C23H29N3O2/c1-28-22-12-6-18(7-13-22)23(27)24-19-8-10-21(11-9-19)26-16-14-25(15-17-26)20-4-2-3-5-20/h6-13,20H,2-5,14-17H2,1H3,(H,24,27). The molecule has 2 aliphatic rings. The third-order valence-electron chi connectivity index (χ3n) is 6.00. The molecule has 4 rings (SSSR count). The lowest BCUT2D eigenvalue weighted by molar-refractivity contribution is 0.102. The van der Waals surface area contributed by atoms with Crippen molar-refractivity contribution in [3.8, 4) is 5.75 Å². The van der Waals surface area contributed by atoms with Crippen LogP contribution in [0.25, 0.3) is 0 Å². The maximum absolute atomic E-state index is 12.4. The lowest BCUT2D eigenvalue weighted by Gasteiger charge is -2.39. The van der Waals surface area contributed by atoms with Gasteiger partial charge in [-0.25, -0.2) is 0 Å². The molecular formula is C23H29N3O2. The van der Waals surface area contributed by atoms with Crippen LogP contribution in [0.4, 0.5) is 11.4 Å². The van der Waals surface area contributed by atoms with Gasteiger partial charge in [-0.3, -0.25) is 9.69 Å². The highest BCUT2D eigenvalue weighted by Crippen LogP contribution is 2.26. The molecule has 1 amide bonds. The molecule has 1 aliphatic carbocycles. The number of methoxy groups -OCH3 is 1. The third kappa shape index (κ3) is 4.30. The molecule has 2 fully saturated rings. The van der Waals surface area contributed by atoms with Gasteiger partial charge in [0.1, 0.15) is 5.75 Å². The summed E-state index contributed by atoms with van der Waals surface area (Å²) in [4.78, 5) is 17.5. The molecule has 28 heavy (non-hydrogen) atoms. The van der Waals surface area contributed by atoms with Crippen molar-refractivity contribution in [2.45, 2.75) is 31.7 Å². The van der Waals surface area contributed by atoms with E-state index in [2.05, 4.69) is 27.2 Å². The van der Waals surface area contributed by atoms with Gasteiger partial charge in [-0.1, -0.05) is 12.8 Å². The number of hydrogen-bond donors (Lipinski definition) is 1. The Bertz CT molecular complexity index is 774. The van der Waals surface area contributed by atoms with E-state index in [1.54, 1.807) is 31.4 Å². The van der Waals surface area contributed by atoms with E-state index in [-0.39, 0.29) is 5.91 Å². The highest BCUT2D eigenvalue weighted by Gasteiger charge is 2.26. The van der Waals surface area contributed by atoms with Crippen LogP contribution >= 0.6 is 0 Å². The molecule has 1 aliphatic heterocycles. The molecule has 1 saturated heterocycles. The Kier molecular flexibility index (Phi) is 5.81. The minimum absolute atomic E-state index is 0.111. The van der Waals surface area contributed by atoms with Gasteiger partial charge in [0, 0.05) is 49.2 Å². The second kappa shape index (κ2) is 8.65. The number of nitrogens with zero attached hydrogens (tertiary/aromatic N) is 2. The SMILES string of the molecule is COc1ccc(C(=O)Nc2ccc(N3CCN(C4CCCC4)CC3)cc2)cc1. The molecule has 2 aromatic rings. The molecule has 5 nitrogen and oxygen atoms in total. The summed E-state index contributed by atoms with van der Waals surface area (Å²) in [5, 5.41) is 2.96. The first kappa shape index (κ1) is 18.8. The first-order chi connectivity index (χ1) is 13.7. The van der Waals surface area contributed by atoms with Gasteiger partial charge < -0.3 is 15.0 Å². The molecule has 0 radical (unpaired) electrons. The molecule has 0 aromatic heterocycles. The molecule has 0 atom stereocenters. The average Bonchev–Trinajstić information content (AvgIpc) is 3.29. The summed E-state index contributed by atoms with van der Waals surface area (Å²) in [6, 6.07) is 16.1. The smallest absolute Gasteiger partial charge is 0.255 e. The van der Waals surface area contributed by atoms with Gasteiger partial charge in [0.05, 0.1) is 7.11 Å². The van der Waals surface area contributed by atoms with Crippen LogP contribution in [-0.4, -0.2) is 50.1 Å². The summed E-state index contributed by atoms with van der Waals surface area (Å²) in [5.74, 6) is 0.634. The minimum atomic E-state index is -0.111. The molecule has 0 bridgehead atoms. The first-order valence-corrected chi connectivity index (χ1v) is 10.3.